The molecule has 1 aliphatic heterocycles. The van der Waals surface area contributed by atoms with Crippen molar-refractivity contribution in [2.24, 2.45) is 0 Å². The molecule has 0 saturated carbocycles. The smallest absolute Gasteiger partial charge is 0.252 e. The Bertz CT molecular complexity index is 832. The predicted octanol–water partition coefficient (Wildman–Crippen LogP) is 1.91. The first-order valence-electron chi connectivity index (χ1n) is 7.98. The molecule has 3 amide bonds. The number of aromatic nitrogens is 1. The average Bonchev–Trinajstić information content (AvgIpc) is 2.93. The molecule has 0 radical (unpaired) electrons. The second-order valence-corrected chi connectivity index (χ2v) is 5.79. The summed E-state index contributed by atoms with van der Waals surface area (Å²) < 4.78 is 26.5. The van der Waals surface area contributed by atoms with E-state index in [4.69, 9.17) is 0 Å². The summed E-state index contributed by atoms with van der Waals surface area (Å²) in [4.78, 5) is 40.2. The Hall–Kier alpha value is -3.16. The lowest BCUT2D eigenvalue weighted by Crippen LogP contribution is -2.37. The second kappa shape index (κ2) is 7.38. The quantitative estimate of drug-likeness (QED) is 0.827. The number of pyridine rings is 1. The molecule has 1 aromatic carbocycles. The fourth-order valence-electron chi connectivity index (χ4n) is 2.66. The molecular formula is C18H15F2N3O3. The standard InChI is InChI=1S/C18H15F2N3O3/c19-13-7-12(8-14(20)9-13)15-2-1-11(10-22-15)18(26)21-5-6-23-16(24)3-4-17(23)25/h1-2,7-10H,3-6H2,(H,21,26). The summed E-state index contributed by atoms with van der Waals surface area (Å²) in [6, 6.07) is 6.02. The minimum Gasteiger partial charge on any atom is -0.350 e. The summed E-state index contributed by atoms with van der Waals surface area (Å²) in [5.74, 6) is -2.33. The molecule has 1 saturated heterocycles. The van der Waals surface area contributed by atoms with E-state index in [1.54, 1.807) is 0 Å². The summed E-state index contributed by atoms with van der Waals surface area (Å²) >= 11 is 0. The summed E-state index contributed by atoms with van der Waals surface area (Å²) in [6.07, 6.45) is 1.71. The first-order chi connectivity index (χ1) is 12.4. The van der Waals surface area contributed by atoms with E-state index in [1.807, 2.05) is 0 Å². The summed E-state index contributed by atoms with van der Waals surface area (Å²) in [5.41, 5.74) is 0.846. The van der Waals surface area contributed by atoms with Gasteiger partial charge in [-0.2, -0.15) is 0 Å². The van der Waals surface area contributed by atoms with Gasteiger partial charge in [-0.15, -0.1) is 0 Å². The molecule has 134 valence electrons. The zero-order valence-electron chi connectivity index (χ0n) is 13.7. The number of amides is 3. The number of halogens is 2. The normalized spacial score (nSPS) is 14.0. The molecule has 0 unspecified atom stereocenters. The van der Waals surface area contributed by atoms with Gasteiger partial charge in [0.2, 0.25) is 11.8 Å². The van der Waals surface area contributed by atoms with Crippen LogP contribution in [-0.2, 0) is 9.59 Å². The first-order valence-corrected chi connectivity index (χ1v) is 7.98. The van der Waals surface area contributed by atoms with Crippen LogP contribution in [0.2, 0.25) is 0 Å². The fraction of sp³-hybridized carbons (Fsp3) is 0.222. The van der Waals surface area contributed by atoms with Gasteiger partial charge in [0.15, 0.2) is 0 Å². The molecule has 1 aromatic heterocycles. The van der Waals surface area contributed by atoms with E-state index >= 15 is 0 Å². The third kappa shape index (κ3) is 3.90. The van der Waals surface area contributed by atoms with Gasteiger partial charge in [-0.05, 0) is 24.3 Å². The molecule has 0 spiro atoms. The lowest BCUT2D eigenvalue weighted by molar-refractivity contribution is -0.138. The molecule has 2 aromatic rings. The number of nitrogens with one attached hydrogen (secondary N) is 1. The van der Waals surface area contributed by atoms with E-state index in [0.29, 0.717) is 5.69 Å². The molecule has 1 aliphatic rings. The number of rotatable bonds is 5. The van der Waals surface area contributed by atoms with E-state index < -0.39 is 17.5 Å². The third-order valence-corrected chi connectivity index (χ3v) is 3.96. The van der Waals surface area contributed by atoms with Gasteiger partial charge in [0.05, 0.1) is 11.3 Å². The highest BCUT2D eigenvalue weighted by Crippen LogP contribution is 2.19. The van der Waals surface area contributed by atoms with Crippen LogP contribution < -0.4 is 5.32 Å². The monoisotopic (exact) mass is 359 g/mol. The van der Waals surface area contributed by atoms with Gasteiger partial charge in [-0.25, -0.2) is 8.78 Å². The highest BCUT2D eigenvalue weighted by molar-refractivity contribution is 6.02. The summed E-state index contributed by atoms with van der Waals surface area (Å²) in [7, 11) is 0. The van der Waals surface area contributed by atoms with E-state index in [1.165, 1.54) is 18.3 Å². The molecule has 1 N–H and O–H groups in total. The number of imide groups is 1. The second-order valence-electron chi connectivity index (χ2n) is 5.79. The maximum atomic E-state index is 13.3. The van der Waals surface area contributed by atoms with Gasteiger partial charge in [0.1, 0.15) is 11.6 Å². The Morgan fingerprint density at radius 1 is 1.08 bits per heavy atom. The van der Waals surface area contributed by atoms with Crippen molar-refractivity contribution in [3.8, 4) is 11.3 Å². The van der Waals surface area contributed by atoms with Crippen LogP contribution in [0.4, 0.5) is 8.78 Å². The molecule has 3 rings (SSSR count). The van der Waals surface area contributed by atoms with Gasteiger partial charge in [0, 0.05) is 43.8 Å². The molecule has 0 atom stereocenters. The molecular weight excluding hydrogens is 344 g/mol. The van der Waals surface area contributed by atoms with Gasteiger partial charge in [-0.3, -0.25) is 24.3 Å². The molecule has 26 heavy (non-hydrogen) atoms. The van der Waals surface area contributed by atoms with Crippen LogP contribution in [0.3, 0.4) is 0 Å². The number of carbonyl (C=O) groups excluding carboxylic acids is 3. The van der Waals surface area contributed by atoms with Crippen molar-refractivity contribution < 1.29 is 23.2 Å². The maximum absolute atomic E-state index is 13.3. The van der Waals surface area contributed by atoms with Crippen molar-refractivity contribution >= 4 is 17.7 Å². The van der Waals surface area contributed by atoms with Crippen molar-refractivity contribution in [2.75, 3.05) is 13.1 Å². The van der Waals surface area contributed by atoms with E-state index in [-0.39, 0.29) is 48.9 Å². The summed E-state index contributed by atoms with van der Waals surface area (Å²) in [6.45, 7) is 0.255. The number of likely N-dealkylation sites (tertiary alicyclic amines) is 1. The average molecular weight is 359 g/mol. The molecule has 6 nitrogen and oxygen atoms in total. The molecule has 2 heterocycles. The molecule has 1 fully saturated rings. The van der Waals surface area contributed by atoms with Crippen molar-refractivity contribution in [3.63, 3.8) is 0 Å². The van der Waals surface area contributed by atoms with Gasteiger partial charge in [-0.1, -0.05) is 0 Å². The van der Waals surface area contributed by atoms with Crippen molar-refractivity contribution in [2.45, 2.75) is 12.8 Å². The van der Waals surface area contributed by atoms with Gasteiger partial charge in [0.25, 0.3) is 5.91 Å². The Kier molecular flexibility index (Phi) is 5.01. The SMILES string of the molecule is O=C(NCCN1C(=O)CCC1=O)c1ccc(-c2cc(F)cc(F)c2)nc1. The zero-order valence-corrected chi connectivity index (χ0v) is 13.7. The van der Waals surface area contributed by atoms with Crippen molar-refractivity contribution in [1.82, 2.24) is 15.2 Å². The number of benzene rings is 1. The predicted molar refractivity (Wildman–Crippen MR) is 87.9 cm³/mol. The Morgan fingerprint density at radius 3 is 2.31 bits per heavy atom. The minimum absolute atomic E-state index is 0.123. The van der Waals surface area contributed by atoms with Crippen LogP contribution in [0.15, 0.2) is 36.5 Å². The van der Waals surface area contributed by atoms with Gasteiger partial charge >= 0.3 is 0 Å². The lowest BCUT2D eigenvalue weighted by atomic mass is 10.1. The van der Waals surface area contributed by atoms with E-state index in [2.05, 4.69) is 10.3 Å². The van der Waals surface area contributed by atoms with E-state index in [0.717, 1.165) is 23.1 Å². The fourth-order valence-corrected chi connectivity index (χ4v) is 2.66. The summed E-state index contributed by atoms with van der Waals surface area (Å²) in [5, 5.41) is 2.60. The van der Waals surface area contributed by atoms with Crippen molar-refractivity contribution in [3.05, 3.63) is 53.7 Å². The molecule has 0 aliphatic carbocycles. The van der Waals surface area contributed by atoms with Crippen LogP contribution in [-0.4, -0.2) is 40.7 Å². The van der Waals surface area contributed by atoms with Crippen LogP contribution in [0.5, 0.6) is 0 Å². The van der Waals surface area contributed by atoms with Gasteiger partial charge < -0.3 is 5.32 Å². The Balaban J connectivity index is 1.60. The largest absolute Gasteiger partial charge is 0.350 e. The number of hydrogen-bond donors (Lipinski definition) is 1. The van der Waals surface area contributed by atoms with Crippen molar-refractivity contribution in [1.29, 1.82) is 0 Å². The first kappa shape index (κ1) is 17.7. The Morgan fingerprint density at radius 2 is 1.73 bits per heavy atom. The number of carbonyl (C=O) groups is 3. The van der Waals surface area contributed by atoms with Crippen LogP contribution in [0.1, 0.15) is 23.2 Å². The van der Waals surface area contributed by atoms with Crippen LogP contribution in [0, 0.1) is 11.6 Å². The highest BCUT2D eigenvalue weighted by atomic mass is 19.1. The third-order valence-electron chi connectivity index (χ3n) is 3.96. The van der Waals surface area contributed by atoms with E-state index in [9.17, 15) is 23.2 Å². The van der Waals surface area contributed by atoms with Crippen LogP contribution in [0.25, 0.3) is 11.3 Å². The lowest BCUT2D eigenvalue weighted by Gasteiger charge is -2.14. The van der Waals surface area contributed by atoms with Crippen LogP contribution >= 0.6 is 0 Å². The molecule has 8 heteroatoms. The minimum atomic E-state index is -0.713. The zero-order chi connectivity index (χ0) is 18.7. The number of nitrogens with zero attached hydrogens (tertiary/aromatic N) is 2. The Labute approximate surface area is 147 Å². The highest BCUT2D eigenvalue weighted by Gasteiger charge is 2.28. The number of hydrogen-bond acceptors (Lipinski definition) is 4. The topological polar surface area (TPSA) is 79.4 Å². The maximum Gasteiger partial charge on any atom is 0.252 e. The molecule has 0 bridgehead atoms.